The molecule has 3 nitrogen and oxygen atoms in total. The monoisotopic (exact) mass is 533 g/mol. The second-order valence-corrected chi connectivity index (χ2v) is 8.59. The molecule has 0 heterocycles. The molecule has 3 rings (SSSR count). The van der Waals surface area contributed by atoms with Crippen LogP contribution in [0.2, 0.25) is 0 Å². The van der Waals surface area contributed by atoms with Gasteiger partial charge in [0, 0.05) is 12.1 Å². The van der Waals surface area contributed by atoms with Gasteiger partial charge in [0.15, 0.2) is 6.10 Å². The highest BCUT2D eigenvalue weighted by Gasteiger charge is 2.58. The summed E-state index contributed by atoms with van der Waals surface area (Å²) < 4.78 is 111. The molecule has 2 atom stereocenters. The summed E-state index contributed by atoms with van der Waals surface area (Å²) in [5.74, 6) is -4.46. The van der Waals surface area contributed by atoms with Gasteiger partial charge in [0.25, 0.3) is 0 Å². The summed E-state index contributed by atoms with van der Waals surface area (Å²) in [6.07, 6.45) is -13.7. The molecule has 0 amide bonds. The zero-order chi connectivity index (χ0) is 27.6. The first-order chi connectivity index (χ1) is 17.1. The van der Waals surface area contributed by atoms with Gasteiger partial charge in [0.2, 0.25) is 0 Å². The Morgan fingerprint density at radius 2 is 1.32 bits per heavy atom. The van der Waals surface area contributed by atoms with E-state index in [0.717, 1.165) is 17.2 Å². The van der Waals surface area contributed by atoms with E-state index >= 15 is 0 Å². The molecule has 0 aromatic heterocycles. The van der Waals surface area contributed by atoms with E-state index in [1.54, 1.807) is 18.2 Å². The smallest absolute Gasteiger partial charge is 0.457 e. The Hall–Kier alpha value is -3.18. The molecular weight excluding hydrogens is 510 g/mol. The maximum Gasteiger partial charge on any atom is 0.458 e. The number of alkyl halides is 8. The lowest BCUT2D eigenvalue weighted by molar-refractivity contribution is -0.289. The lowest BCUT2D eigenvalue weighted by Crippen LogP contribution is -2.40. The average molecular weight is 533 g/mol. The van der Waals surface area contributed by atoms with Crippen molar-refractivity contribution in [2.24, 2.45) is 0 Å². The molecule has 37 heavy (non-hydrogen) atoms. The minimum Gasteiger partial charge on any atom is -0.457 e. The third-order valence-electron chi connectivity index (χ3n) is 5.45. The van der Waals surface area contributed by atoms with E-state index in [9.17, 15) is 40.2 Å². The zero-order valence-corrected chi connectivity index (χ0v) is 19.6. The molecule has 0 fully saturated rings. The number of hydrogen-bond donors (Lipinski definition) is 2. The summed E-state index contributed by atoms with van der Waals surface area (Å²) in [5, 5.41) is 11.9. The Morgan fingerprint density at radius 1 is 0.757 bits per heavy atom. The van der Waals surface area contributed by atoms with E-state index in [2.05, 4.69) is 5.32 Å². The summed E-state index contributed by atoms with van der Waals surface area (Å²) in [5.41, 5.74) is 0.495. The molecule has 0 saturated carbocycles. The van der Waals surface area contributed by atoms with E-state index in [0.29, 0.717) is 17.9 Å². The van der Waals surface area contributed by atoms with Gasteiger partial charge < -0.3 is 15.2 Å². The second-order valence-electron chi connectivity index (χ2n) is 8.59. The number of halogens is 8. The van der Waals surface area contributed by atoms with Crippen LogP contribution in [0.5, 0.6) is 11.5 Å². The van der Waals surface area contributed by atoms with Crippen LogP contribution in [0.4, 0.5) is 35.1 Å². The van der Waals surface area contributed by atoms with Gasteiger partial charge in [-0.25, -0.2) is 0 Å². The van der Waals surface area contributed by atoms with Crippen LogP contribution in [0.3, 0.4) is 0 Å². The number of hydrogen-bond acceptors (Lipinski definition) is 3. The fraction of sp³-hybridized carbons (Fsp3) is 0.308. The maximum atomic E-state index is 14.0. The van der Waals surface area contributed by atoms with Crippen molar-refractivity contribution in [3.8, 4) is 11.5 Å². The number of benzene rings is 3. The Bertz CT molecular complexity index is 1200. The van der Waals surface area contributed by atoms with Crippen LogP contribution < -0.4 is 10.1 Å². The van der Waals surface area contributed by atoms with Crippen LogP contribution in [0, 0.1) is 13.8 Å². The number of ether oxygens (including phenoxy) is 1. The van der Waals surface area contributed by atoms with E-state index in [1.165, 1.54) is 24.3 Å². The molecule has 11 heteroatoms. The van der Waals surface area contributed by atoms with Crippen molar-refractivity contribution in [3.63, 3.8) is 0 Å². The fourth-order valence-corrected chi connectivity index (χ4v) is 3.74. The first-order valence-electron chi connectivity index (χ1n) is 11.0. The topological polar surface area (TPSA) is 41.5 Å². The molecule has 200 valence electrons. The van der Waals surface area contributed by atoms with E-state index in [1.807, 2.05) is 19.9 Å². The Morgan fingerprint density at radius 3 is 1.89 bits per heavy atom. The minimum absolute atomic E-state index is 0.167. The predicted octanol–water partition coefficient (Wildman–Crippen LogP) is 7.35. The van der Waals surface area contributed by atoms with Crippen molar-refractivity contribution in [3.05, 3.63) is 94.5 Å². The minimum atomic E-state index is -5.87. The molecule has 2 unspecified atom stereocenters. The third-order valence-corrected chi connectivity index (χ3v) is 5.45. The zero-order valence-electron chi connectivity index (χ0n) is 19.6. The van der Waals surface area contributed by atoms with Crippen LogP contribution in [0.15, 0.2) is 66.7 Å². The largest absolute Gasteiger partial charge is 0.458 e. The van der Waals surface area contributed by atoms with Crippen LogP contribution in [0.25, 0.3) is 0 Å². The van der Waals surface area contributed by atoms with Gasteiger partial charge in [-0.15, -0.1) is 0 Å². The Kier molecular flexibility index (Phi) is 8.18. The van der Waals surface area contributed by atoms with Gasteiger partial charge in [-0.1, -0.05) is 36.4 Å². The standard InChI is InChI=1S/C26H23F8NO2/c1-15-9-16(2)11-21(10-15)37-20-8-4-6-18(13-20)23(35-14-22(36)25(29,30)31)17-5-3-7-19(12-17)24(27,28)26(32,33)34/h3-13,22-23,35-36H,14H2,1-2H3. The number of aliphatic hydroxyl groups excluding tert-OH is 1. The summed E-state index contributed by atoms with van der Waals surface area (Å²) in [6.45, 7) is 2.66. The van der Waals surface area contributed by atoms with Gasteiger partial charge in [0.1, 0.15) is 11.5 Å². The molecule has 3 aromatic carbocycles. The molecule has 0 saturated heterocycles. The number of aliphatic hydroxyl groups is 1. The SMILES string of the molecule is Cc1cc(C)cc(Oc2cccc(C(NCC(O)C(F)(F)F)c3cccc(C(F)(F)C(F)(F)F)c3)c2)c1. The van der Waals surface area contributed by atoms with Crippen molar-refractivity contribution >= 4 is 0 Å². The van der Waals surface area contributed by atoms with Crippen molar-refractivity contribution < 1.29 is 45.0 Å². The average Bonchev–Trinajstić information content (AvgIpc) is 2.77. The van der Waals surface area contributed by atoms with Gasteiger partial charge in [-0.3, -0.25) is 0 Å². The molecule has 0 radical (unpaired) electrons. The normalized spacial score (nSPS) is 14.4. The highest BCUT2D eigenvalue weighted by Crippen LogP contribution is 2.44. The van der Waals surface area contributed by atoms with Crippen molar-refractivity contribution in [2.45, 2.75) is 44.3 Å². The lowest BCUT2D eigenvalue weighted by atomic mass is 9.95. The molecule has 3 aromatic rings. The van der Waals surface area contributed by atoms with Gasteiger partial charge in [-0.2, -0.15) is 35.1 Å². The molecule has 0 aliphatic carbocycles. The lowest BCUT2D eigenvalue weighted by Gasteiger charge is -2.25. The van der Waals surface area contributed by atoms with Gasteiger partial charge in [-0.05, 0) is 66.4 Å². The molecule has 0 bridgehead atoms. The van der Waals surface area contributed by atoms with Crippen LogP contribution in [-0.4, -0.2) is 30.1 Å². The van der Waals surface area contributed by atoms with Crippen LogP contribution >= 0.6 is 0 Å². The Balaban J connectivity index is 2.01. The van der Waals surface area contributed by atoms with E-state index in [-0.39, 0.29) is 16.9 Å². The summed E-state index contributed by atoms with van der Waals surface area (Å²) in [6, 6.07) is 13.3. The summed E-state index contributed by atoms with van der Waals surface area (Å²) >= 11 is 0. The fourth-order valence-electron chi connectivity index (χ4n) is 3.74. The van der Waals surface area contributed by atoms with E-state index in [4.69, 9.17) is 4.74 Å². The number of nitrogens with one attached hydrogen (secondary N) is 1. The van der Waals surface area contributed by atoms with Crippen LogP contribution in [-0.2, 0) is 5.92 Å². The molecule has 0 aliphatic heterocycles. The quantitative estimate of drug-likeness (QED) is 0.298. The van der Waals surface area contributed by atoms with Gasteiger partial charge >= 0.3 is 18.3 Å². The van der Waals surface area contributed by atoms with Gasteiger partial charge in [0.05, 0.1) is 6.04 Å². The first kappa shape index (κ1) is 28.4. The second kappa shape index (κ2) is 10.7. The molecule has 2 N–H and O–H groups in total. The number of rotatable bonds is 8. The Labute approximate surface area is 207 Å². The molecule has 0 spiro atoms. The highest BCUT2D eigenvalue weighted by molar-refractivity contribution is 5.42. The van der Waals surface area contributed by atoms with Crippen molar-refractivity contribution in [1.29, 1.82) is 0 Å². The summed E-state index contributed by atoms with van der Waals surface area (Å²) in [7, 11) is 0. The number of aryl methyl sites for hydroxylation is 2. The summed E-state index contributed by atoms with van der Waals surface area (Å²) in [4.78, 5) is 0. The molecular formula is C26H23F8NO2. The van der Waals surface area contributed by atoms with Crippen LogP contribution in [0.1, 0.15) is 33.9 Å². The maximum absolute atomic E-state index is 14.0. The van der Waals surface area contributed by atoms with Crippen molar-refractivity contribution in [1.82, 2.24) is 5.32 Å². The molecule has 0 aliphatic rings. The van der Waals surface area contributed by atoms with E-state index < -0.39 is 42.5 Å². The van der Waals surface area contributed by atoms with Crippen molar-refractivity contribution in [2.75, 3.05) is 6.54 Å². The first-order valence-corrected chi connectivity index (χ1v) is 11.0. The third kappa shape index (κ3) is 6.98. The predicted molar refractivity (Wildman–Crippen MR) is 121 cm³/mol. The highest BCUT2D eigenvalue weighted by atomic mass is 19.4.